The van der Waals surface area contributed by atoms with Crippen molar-refractivity contribution in [3.63, 3.8) is 0 Å². The Hall–Kier alpha value is -2.30. The summed E-state index contributed by atoms with van der Waals surface area (Å²) in [6.45, 7) is 2.51. The van der Waals surface area contributed by atoms with Crippen LogP contribution in [0.4, 0.5) is 5.82 Å². The van der Waals surface area contributed by atoms with Crippen molar-refractivity contribution in [1.82, 2.24) is 10.5 Å². The van der Waals surface area contributed by atoms with E-state index < -0.39 is 0 Å². The van der Waals surface area contributed by atoms with Gasteiger partial charge in [0.1, 0.15) is 5.76 Å². The SMILES string of the molecule is Cc1cc(NCC(=O)NCc2ccccc2)no1. The minimum atomic E-state index is -0.0838. The first-order valence-electron chi connectivity index (χ1n) is 5.72. The van der Waals surface area contributed by atoms with Crippen LogP contribution in [0.2, 0.25) is 0 Å². The van der Waals surface area contributed by atoms with E-state index in [-0.39, 0.29) is 12.5 Å². The monoisotopic (exact) mass is 245 g/mol. The average Bonchev–Trinajstić information content (AvgIpc) is 2.81. The Balaban J connectivity index is 1.73. The van der Waals surface area contributed by atoms with Gasteiger partial charge in [-0.3, -0.25) is 4.79 Å². The maximum atomic E-state index is 11.6. The minimum absolute atomic E-state index is 0.0838. The minimum Gasteiger partial charge on any atom is -0.360 e. The predicted octanol–water partition coefficient (Wildman–Crippen LogP) is 1.71. The molecule has 1 aromatic carbocycles. The van der Waals surface area contributed by atoms with E-state index in [0.29, 0.717) is 18.1 Å². The fourth-order valence-corrected chi connectivity index (χ4v) is 1.48. The highest BCUT2D eigenvalue weighted by Crippen LogP contribution is 2.05. The molecular weight excluding hydrogens is 230 g/mol. The van der Waals surface area contributed by atoms with E-state index in [0.717, 1.165) is 5.56 Å². The summed E-state index contributed by atoms with van der Waals surface area (Å²) in [6.07, 6.45) is 0. The lowest BCUT2D eigenvalue weighted by molar-refractivity contribution is -0.119. The highest BCUT2D eigenvalue weighted by Gasteiger charge is 2.03. The first-order chi connectivity index (χ1) is 8.74. The molecule has 0 bridgehead atoms. The highest BCUT2D eigenvalue weighted by molar-refractivity contribution is 5.80. The molecule has 0 aliphatic rings. The number of aromatic nitrogens is 1. The fourth-order valence-electron chi connectivity index (χ4n) is 1.48. The molecule has 1 aromatic heterocycles. The first-order valence-corrected chi connectivity index (χ1v) is 5.72. The third-order valence-electron chi connectivity index (χ3n) is 2.39. The van der Waals surface area contributed by atoms with Crippen LogP contribution in [0, 0.1) is 6.92 Å². The molecule has 0 saturated heterocycles. The highest BCUT2D eigenvalue weighted by atomic mass is 16.5. The smallest absolute Gasteiger partial charge is 0.239 e. The Morgan fingerprint density at radius 1 is 1.33 bits per heavy atom. The molecule has 5 nitrogen and oxygen atoms in total. The van der Waals surface area contributed by atoms with Crippen LogP contribution in [-0.2, 0) is 11.3 Å². The number of nitrogens with zero attached hydrogens (tertiary/aromatic N) is 1. The van der Waals surface area contributed by atoms with Crippen molar-refractivity contribution < 1.29 is 9.32 Å². The summed E-state index contributed by atoms with van der Waals surface area (Å²) >= 11 is 0. The molecule has 1 amide bonds. The molecule has 2 rings (SSSR count). The number of amides is 1. The maximum Gasteiger partial charge on any atom is 0.239 e. The third kappa shape index (κ3) is 3.62. The van der Waals surface area contributed by atoms with E-state index in [1.807, 2.05) is 30.3 Å². The van der Waals surface area contributed by atoms with Crippen LogP contribution in [-0.4, -0.2) is 17.6 Å². The van der Waals surface area contributed by atoms with Gasteiger partial charge in [-0.2, -0.15) is 0 Å². The molecule has 0 radical (unpaired) electrons. The van der Waals surface area contributed by atoms with Gasteiger partial charge in [0.2, 0.25) is 5.91 Å². The second-order valence-electron chi connectivity index (χ2n) is 3.94. The molecule has 0 unspecified atom stereocenters. The Kier molecular flexibility index (Phi) is 3.96. The van der Waals surface area contributed by atoms with Gasteiger partial charge < -0.3 is 15.2 Å². The first kappa shape index (κ1) is 12.2. The summed E-state index contributed by atoms with van der Waals surface area (Å²) in [5.41, 5.74) is 1.07. The molecule has 2 N–H and O–H groups in total. The summed E-state index contributed by atoms with van der Waals surface area (Å²) < 4.78 is 4.88. The van der Waals surface area contributed by atoms with E-state index in [9.17, 15) is 4.79 Å². The number of nitrogens with one attached hydrogen (secondary N) is 2. The summed E-state index contributed by atoms with van der Waals surface area (Å²) in [4.78, 5) is 11.6. The van der Waals surface area contributed by atoms with Crippen LogP contribution in [0.15, 0.2) is 40.9 Å². The molecule has 0 fully saturated rings. The Morgan fingerprint density at radius 3 is 2.78 bits per heavy atom. The van der Waals surface area contributed by atoms with Crippen LogP contribution in [0.3, 0.4) is 0 Å². The number of benzene rings is 1. The molecule has 0 atom stereocenters. The zero-order valence-electron chi connectivity index (χ0n) is 10.1. The van der Waals surface area contributed by atoms with Crippen LogP contribution in [0.5, 0.6) is 0 Å². The van der Waals surface area contributed by atoms with E-state index in [1.165, 1.54) is 0 Å². The molecule has 94 valence electrons. The van der Waals surface area contributed by atoms with Crippen molar-refractivity contribution >= 4 is 11.7 Å². The molecule has 0 spiro atoms. The van der Waals surface area contributed by atoms with Crippen molar-refractivity contribution in [2.45, 2.75) is 13.5 Å². The van der Waals surface area contributed by atoms with Gasteiger partial charge in [0.05, 0.1) is 6.54 Å². The number of carbonyl (C=O) groups excluding carboxylic acids is 1. The molecule has 5 heteroatoms. The van der Waals surface area contributed by atoms with Gasteiger partial charge in [-0.15, -0.1) is 0 Å². The largest absolute Gasteiger partial charge is 0.360 e. The number of hydrogen-bond acceptors (Lipinski definition) is 4. The standard InChI is InChI=1S/C13H15N3O2/c1-10-7-12(16-18-10)14-9-13(17)15-8-11-5-3-2-4-6-11/h2-7H,8-9H2,1H3,(H,14,16)(H,15,17). The van der Waals surface area contributed by atoms with E-state index in [1.54, 1.807) is 13.0 Å². The molecule has 1 heterocycles. The van der Waals surface area contributed by atoms with Gasteiger partial charge in [0, 0.05) is 12.6 Å². The van der Waals surface area contributed by atoms with Gasteiger partial charge in [0.25, 0.3) is 0 Å². The molecule has 0 saturated carbocycles. The van der Waals surface area contributed by atoms with E-state index in [2.05, 4.69) is 15.8 Å². The summed E-state index contributed by atoms with van der Waals surface area (Å²) in [5.74, 6) is 1.20. The molecule has 0 aliphatic heterocycles. The number of anilines is 1. The molecule has 18 heavy (non-hydrogen) atoms. The van der Waals surface area contributed by atoms with Gasteiger partial charge in [0.15, 0.2) is 5.82 Å². The lowest BCUT2D eigenvalue weighted by Crippen LogP contribution is -2.29. The lowest BCUT2D eigenvalue weighted by atomic mass is 10.2. The van der Waals surface area contributed by atoms with Crippen LogP contribution >= 0.6 is 0 Å². The zero-order valence-corrected chi connectivity index (χ0v) is 10.1. The molecule has 2 aromatic rings. The van der Waals surface area contributed by atoms with Gasteiger partial charge >= 0.3 is 0 Å². The van der Waals surface area contributed by atoms with E-state index >= 15 is 0 Å². The summed E-state index contributed by atoms with van der Waals surface area (Å²) in [5, 5.41) is 9.44. The van der Waals surface area contributed by atoms with Gasteiger partial charge in [-0.1, -0.05) is 35.5 Å². The zero-order chi connectivity index (χ0) is 12.8. The van der Waals surface area contributed by atoms with Crippen LogP contribution in [0.25, 0.3) is 0 Å². The third-order valence-corrected chi connectivity index (χ3v) is 2.39. The van der Waals surface area contributed by atoms with Crippen LogP contribution < -0.4 is 10.6 Å². The quantitative estimate of drug-likeness (QED) is 0.841. The Bertz CT molecular complexity index is 508. The fraction of sp³-hybridized carbons (Fsp3) is 0.231. The Labute approximate surface area is 105 Å². The predicted molar refractivity (Wildman–Crippen MR) is 68.0 cm³/mol. The number of aryl methyl sites for hydroxylation is 1. The topological polar surface area (TPSA) is 67.2 Å². The van der Waals surface area contributed by atoms with Crippen LogP contribution in [0.1, 0.15) is 11.3 Å². The molecule has 0 aliphatic carbocycles. The Morgan fingerprint density at radius 2 is 2.11 bits per heavy atom. The number of carbonyl (C=O) groups is 1. The summed E-state index contributed by atoms with van der Waals surface area (Å²) in [6, 6.07) is 11.5. The maximum absolute atomic E-state index is 11.6. The normalized spacial score (nSPS) is 10.1. The second-order valence-corrected chi connectivity index (χ2v) is 3.94. The van der Waals surface area contributed by atoms with Gasteiger partial charge in [-0.25, -0.2) is 0 Å². The average molecular weight is 245 g/mol. The van der Waals surface area contributed by atoms with Crippen molar-refractivity contribution in [3.05, 3.63) is 47.7 Å². The van der Waals surface area contributed by atoms with Crippen molar-refractivity contribution in [2.24, 2.45) is 0 Å². The van der Waals surface area contributed by atoms with Crippen molar-refractivity contribution in [1.29, 1.82) is 0 Å². The number of rotatable bonds is 5. The number of hydrogen-bond donors (Lipinski definition) is 2. The van der Waals surface area contributed by atoms with E-state index in [4.69, 9.17) is 4.52 Å². The van der Waals surface area contributed by atoms with Crippen molar-refractivity contribution in [2.75, 3.05) is 11.9 Å². The van der Waals surface area contributed by atoms with Gasteiger partial charge in [-0.05, 0) is 12.5 Å². The lowest BCUT2D eigenvalue weighted by Gasteiger charge is -2.05. The summed E-state index contributed by atoms with van der Waals surface area (Å²) in [7, 11) is 0. The second kappa shape index (κ2) is 5.86. The van der Waals surface area contributed by atoms with Crippen molar-refractivity contribution in [3.8, 4) is 0 Å². The molecular formula is C13H15N3O2.